The lowest BCUT2D eigenvalue weighted by molar-refractivity contribution is -0.137. The van der Waals surface area contributed by atoms with Crippen LogP contribution in [-0.4, -0.2) is 12.5 Å². The molecule has 0 aliphatic carbocycles. The zero-order valence-corrected chi connectivity index (χ0v) is 16.2. The second-order valence-electron chi connectivity index (χ2n) is 6.97. The highest BCUT2D eigenvalue weighted by Gasteiger charge is 2.37. The van der Waals surface area contributed by atoms with Crippen molar-refractivity contribution in [1.82, 2.24) is 5.32 Å². The first kappa shape index (κ1) is 22.4. The first-order chi connectivity index (χ1) is 14.5. The molecule has 162 valence electrons. The average molecular weight is 437 g/mol. The minimum atomic E-state index is -4.79. The van der Waals surface area contributed by atoms with Crippen molar-refractivity contribution in [1.29, 1.82) is 0 Å². The van der Waals surface area contributed by atoms with E-state index in [0.29, 0.717) is 17.2 Å². The second-order valence-corrected chi connectivity index (χ2v) is 6.97. The molecule has 0 spiro atoms. The lowest BCUT2D eigenvalue weighted by Gasteiger charge is -2.21. The van der Waals surface area contributed by atoms with Crippen LogP contribution in [0.25, 0.3) is 11.1 Å². The monoisotopic (exact) mass is 437 g/mol. The molecule has 0 fully saturated rings. The van der Waals surface area contributed by atoms with Gasteiger partial charge >= 0.3 is 6.18 Å². The Labute approximate surface area is 174 Å². The van der Waals surface area contributed by atoms with Gasteiger partial charge in [0.2, 0.25) is 0 Å². The van der Waals surface area contributed by atoms with Crippen molar-refractivity contribution in [3.05, 3.63) is 94.8 Å². The summed E-state index contributed by atoms with van der Waals surface area (Å²) >= 11 is 0. The number of carbonyl (C=O) groups excluding carboxylic acids is 1. The van der Waals surface area contributed by atoms with Gasteiger partial charge in [0, 0.05) is 5.56 Å². The van der Waals surface area contributed by atoms with Crippen LogP contribution in [0, 0.1) is 12.7 Å². The van der Waals surface area contributed by atoms with Gasteiger partial charge in [-0.25, -0.2) is 4.39 Å². The lowest BCUT2D eigenvalue weighted by atomic mass is 9.96. The molecule has 3 rings (SSSR count). The summed E-state index contributed by atoms with van der Waals surface area (Å²) in [5.74, 6) is -5.19. The van der Waals surface area contributed by atoms with Crippen molar-refractivity contribution in [3.8, 4) is 11.1 Å². The summed E-state index contributed by atoms with van der Waals surface area (Å²) in [6.07, 6.45) is -4.79. The number of amides is 1. The van der Waals surface area contributed by atoms with Crippen LogP contribution in [-0.2, 0) is 12.1 Å². The Balaban J connectivity index is 1.78. The minimum absolute atomic E-state index is 0.219. The van der Waals surface area contributed by atoms with Crippen LogP contribution >= 0.6 is 0 Å². The fraction of sp³-hybridized carbons (Fsp3) is 0.174. The van der Waals surface area contributed by atoms with Crippen molar-refractivity contribution in [2.24, 2.45) is 0 Å². The predicted molar refractivity (Wildman–Crippen MR) is 104 cm³/mol. The van der Waals surface area contributed by atoms with Crippen LogP contribution in [0.2, 0.25) is 0 Å². The first-order valence-electron chi connectivity index (χ1n) is 9.18. The predicted octanol–water partition coefficient (Wildman–Crippen LogP) is 6.34. The van der Waals surface area contributed by atoms with Crippen LogP contribution in [0.3, 0.4) is 0 Å². The molecule has 1 N–H and O–H groups in total. The Morgan fingerprint density at radius 3 is 2.06 bits per heavy atom. The molecule has 2 nitrogen and oxygen atoms in total. The minimum Gasteiger partial charge on any atom is -0.346 e. The van der Waals surface area contributed by atoms with Crippen LogP contribution in [0.1, 0.15) is 27.0 Å². The van der Waals surface area contributed by atoms with E-state index in [1.807, 2.05) is 5.32 Å². The summed E-state index contributed by atoms with van der Waals surface area (Å²) in [4.78, 5) is 12.2. The smallest absolute Gasteiger partial charge is 0.346 e. The normalized spacial score (nSPS) is 12.0. The number of rotatable bonds is 5. The van der Waals surface area contributed by atoms with Gasteiger partial charge in [0.05, 0.1) is 17.7 Å². The van der Waals surface area contributed by atoms with Gasteiger partial charge in [0.1, 0.15) is 5.82 Å². The molecular weight excluding hydrogens is 420 g/mol. The molecule has 3 aromatic rings. The zero-order valence-electron chi connectivity index (χ0n) is 16.2. The van der Waals surface area contributed by atoms with Crippen molar-refractivity contribution in [3.63, 3.8) is 0 Å². The molecule has 0 radical (unpaired) electrons. The van der Waals surface area contributed by atoms with E-state index in [1.54, 1.807) is 0 Å². The highest BCUT2D eigenvalue weighted by atomic mass is 19.4. The third-order valence-corrected chi connectivity index (χ3v) is 4.75. The van der Waals surface area contributed by atoms with E-state index < -0.39 is 41.5 Å². The molecule has 0 saturated carbocycles. The van der Waals surface area contributed by atoms with E-state index in [2.05, 4.69) is 0 Å². The van der Waals surface area contributed by atoms with Crippen LogP contribution < -0.4 is 5.32 Å². The van der Waals surface area contributed by atoms with Crippen molar-refractivity contribution < 1.29 is 31.1 Å². The van der Waals surface area contributed by atoms with E-state index in [1.165, 1.54) is 55.5 Å². The fourth-order valence-corrected chi connectivity index (χ4v) is 3.21. The number of carbonyl (C=O) groups is 1. The fourth-order valence-electron chi connectivity index (χ4n) is 3.21. The zero-order chi connectivity index (χ0) is 22.8. The Bertz CT molecular complexity index is 1090. The number of halogens is 6. The van der Waals surface area contributed by atoms with Crippen molar-refractivity contribution in [2.45, 2.75) is 19.0 Å². The highest BCUT2D eigenvalue weighted by molar-refractivity contribution is 5.95. The van der Waals surface area contributed by atoms with E-state index >= 15 is 0 Å². The number of alkyl halides is 5. The molecule has 8 heteroatoms. The van der Waals surface area contributed by atoms with Gasteiger partial charge < -0.3 is 5.32 Å². The van der Waals surface area contributed by atoms with Crippen LogP contribution in [0.4, 0.5) is 26.3 Å². The maximum atomic E-state index is 14.7. The largest absolute Gasteiger partial charge is 0.417 e. The summed E-state index contributed by atoms with van der Waals surface area (Å²) in [6.45, 7) is 0.284. The molecule has 3 aromatic carbocycles. The Hall–Kier alpha value is -3.29. The summed E-state index contributed by atoms with van der Waals surface area (Å²) < 4.78 is 81.7. The van der Waals surface area contributed by atoms with E-state index in [0.717, 1.165) is 12.1 Å². The third kappa shape index (κ3) is 5.07. The highest BCUT2D eigenvalue weighted by Crippen LogP contribution is 2.34. The molecule has 0 aliphatic rings. The van der Waals surface area contributed by atoms with Gasteiger partial charge in [-0.2, -0.15) is 22.0 Å². The maximum Gasteiger partial charge on any atom is 0.417 e. The van der Waals surface area contributed by atoms with Crippen LogP contribution in [0.5, 0.6) is 0 Å². The maximum absolute atomic E-state index is 14.7. The van der Waals surface area contributed by atoms with Crippen LogP contribution in [0.15, 0.2) is 66.7 Å². The SMILES string of the molecule is Cc1cc(-c2ccc(F)cc2)ccc1C(F)(F)CNC(=O)c1ccccc1C(F)(F)F. The second kappa shape index (κ2) is 8.45. The average Bonchev–Trinajstić information content (AvgIpc) is 2.71. The summed E-state index contributed by atoms with van der Waals surface area (Å²) in [6, 6.07) is 13.6. The molecule has 0 unspecified atom stereocenters. The topological polar surface area (TPSA) is 29.1 Å². The third-order valence-electron chi connectivity index (χ3n) is 4.75. The Morgan fingerprint density at radius 2 is 1.45 bits per heavy atom. The van der Waals surface area contributed by atoms with Gasteiger partial charge in [0.25, 0.3) is 11.8 Å². The van der Waals surface area contributed by atoms with Crippen molar-refractivity contribution >= 4 is 5.91 Å². The van der Waals surface area contributed by atoms with Gasteiger partial charge in [-0.1, -0.05) is 42.5 Å². The molecule has 0 bridgehead atoms. The van der Waals surface area contributed by atoms with Gasteiger partial charge in [0.15, 0.2) is 0 Å². The molecule has 0 aliphatic heterocycles. The molecule has 0 atom stereocenters. The number of hydrogen-bond donors (Lipinski definition) is 1. The van der Waals surface area contributed by atoms with Gasteiger partial charge in [-0.05, 0) is 47.9 Å². The van der Waals surface area contributed by atoms with Gasteiger partial charge in [-0.15, -0.1) is 0 Å². The molecule has 1 amide bonds. The lowest BCUT2D eigenvalue weighted by Crippen LogP contribution is -2.36. The number of benzene rings is 3. The molecular formula is C23H17F6NO. The quantitative estimate of drug-likeness (QED) is 0.464. The molecule has 0 heterocycles. The molecule has 0 saturated heterocycles. The summed E-state index contributed by atoms with van der Waals surface area (Å²) in [5, 5.41) is 1.90. The summed E-state index contributed by atoms with van der Waals surface area (Å²) in [5.41, 5.74) is -0.846. The van der Waals surface area contributed by atoms with Gasteiger partial charge in [-0.3, -0.25) is 4.79 Å². The Kier molecular flexibility index (Phi) is 6.10. The summed E-state index contributed by atoms with van der Waals surface area (Å²) in [7, 11) is 0. The molecule has 0 aromatic heterocycles. The Morgan fingerprint density at radius 1 is 0.839 bits per heavy atom. The number of hydrogen-bond acceptors (Lipinski definition) is 1. The number of nitrogens with one attached hydrogen (secondary N) is 1. The molecule has 31 heavy (non-hydrogen) atoms. The van der Waals surface area contributed by atoms with Crippen molar-refractivity contribution in [2.75, 3.05) is 6.54 Å². The standard InChI is InChI=1S/C23H17F6NO/c1-14-12-16(15-6-9-17(24)10-7-15)8-11-19(14)22(25,26)13-30-21(31)18-4-2-3-5-20(18)23(27,28)29/h2-12H,13H2,1H3,(H,30,31). The van der Waals surface area contributed by atoms with E-state index in [9.17, 15) is 31.1 Å². The number of aryl methyl sites for hydroxylation is 1. The first-order valence-corrected chi connectivity index (χ1v) is 9.18. The van der Waals surface area contributed by atoms with E-state index in [-0.39, 0.29) is 11.1 Å². The van der Waals surface area contributed by atoms with E-state index in [4.69, 9.17) is 0 Å².